The summed E-state index contributed by atoms with van der Waals surface area (Å²) in [7, 11) is -4.12. The number of anilines is 1. The fourth-order valence-electron chi connectivity index (χ4n) is 4.99. The number of amides is 2. The first-order valence-corrected chi connectivity index (χ1v) is 12.0. The molecule has 158 valence electrons. The normalized spacial score (nSPS) is 20.3. The van der Waals surface area contributed by atoms with E-state index in [9.17, 15) is 13.2 Å². The predicted molar refractivity (Wildman–Crippen MR) is 107 cm³/mol. The number of rotatable bonds is 3. The van der Waals surface area contributed by atoms with Crippen LogP contribution in [0.4, 0.5) is 10.6 Å². The Hall–Kier alpha value is -2.62. The second-order valence-electron chi connectivity index (χ2n) is 8.87. The molecule has 0 atom stereocenters. The Morgan fingerprint density at radius 2 is 1.87 bits per heavy atom. The van der Waals surface area contributed by atoms with Crippen LogP contribution in [0, 0.1) is 5.41 Å². The number of aromatic nitrogens is 3. The highest BCUT2D eigenvalue weighted by Gasteiger charge is 2.48. The SMILES string of the molecule is O=C(Nc1nc2c(c3c1CCC3)CCC2)NS(=O)(=O)c1cnn2c1OCC1(CC1)C2. The zero-order valence-electron chi connectivity index (χ0n) is 16.5. The highest BCUT2D eigenvalue weighted by molar-refractivity contribution is 7.90. The van der Waals surface area contributed by atoms with Crippen molar-refractivity contribution in [2.75, 3.05) is 11.9 Å². The van der Waals surface area contributed by atoms with Crippen molar-refractivity contribution in [2.45, 2.75) is 62.8 Å². The summed E-state index contributed by atoms with van der Waals surface area (Å²) in [5.74, 6) is 0.684. The summed E-state index contributed by atoms with van der Waals surface area (Å²) in [6, 6.07) is -0.816. The number of carbonyl (C=O) groups is 1. The molecule has 30 heavy (non-hydrogen) atoms. The third-order valence-electron chi connectivity index (χ3n) is 6.77. The summed E-state index contributed by atoms with van der Waals surface area (Å²) in [4.78, 5) is 17.1. The lowest BCUT2D eigenvalue weighted by molar-refractivity contribution is 0.144. The smallest absolute Gasteiger partial charge is 0.334 e. The Kier molecular flexibility index (Phi) is 3.75. The van der Waals surface area contributed by atoms with E-state index in [4.69, 9.17) is 4.74 Å². The Bertz CT molecular complexity index is 1180. The number of urea groups is 1. The lowest BCUT2D eigenvalue weighted by atomic mass is 10.0. The second kappa shape index (κ2) is 6.19. The van der Waals surface area contributed by atoms with E-state index in [1.807, 2.05) is 0 Å². The van der Waals surface area contributed by atoms with Gasteiger partial charge in [-0.15, -0.1) is 0 Å². The third kappa shape index (κ3) is 2.80. The minimum atomic E-state index is -4.12. The highest BCUT2D eigenvalue weighted by Crippen LogP contribution is 2.50. The van der Waals surface area contributed by atoms with E-state index < -0.39 is 16.1 Å². The van der Waals surface area contributed by atoms with Crippen molar-refractivity contribution < 1.29 is 17.9 Å². The van der Waals surface area contributed by atoms with Crippen molar-refractivity contribution in [2.24, 2.45) is 5.41 Å². The van der Waals surface area contributed by atoms with Crippen LogP contribution in [0.25, 0.3) is 0 Å². The molecule has 6 rings (SSSR count). The summed E-state index contributed by atoms with van der Waals surface area (Å²) in [6.45, 7) is 1.13. The molecule has 0 saturated heterocycles. The largest absolute Gasteiger partial charge is 0.476 e. The Labute approximate surface area is 174 Å². The number of sulfonamides is 1. The van der Waals surface area contributed by atoms with E-state index in [0.717, 1.165) is 62.6 Å². The van der Waals surface area contributed by atoms with Gasteiger partial charge in [-0.25, -0.2) is 27.6 Å². The number of hydrogen-bond donors (Lipinski definition) is 2. The zero-order valence-corrected chi connectivity index (χ0v) is 17.3. The Morgan fingerprint density at radius 3 is 2.70 bits per heavy atom. The first-order chi connectivity index (χ1) is 14.4. The maximum absolute atomic E-state index is 12.8. The molecule has 1 fully saturated rings. The van der Waals surface area contributed by atoms with Crippen molar-refractivity contribution in [3.63, 3.8) is 0 Å². The molecule has 9 nitrogen and oxygen atoms in total. The van der Waals surface area contributed by atoms with Crippen LogP contribution in [-0.2, 0) is 42.3 Å². The van der Waals surface area contributed by atoms with Crippen LogP contribution in [0.3, 0.4) is 0 Å². The fraction of sp³-hybridized carbons (Fsp3) is 0.550. The summed E-state index contributed by atoms with van der Waals surface area (Å²) in [5, 5.41) is 6.85. The lowest BCUT2D eigenvalue weighted by Crippen LogP contribution is -2.35. The molecule has 2 amide bonds. The molecular weight excluding hydrogens is 406 g/mol. The van der Waals surface area contributed by atoms with Gasteiger partial charge in [0.05, 0.1) is 19.3 Å². The quantitative estimate of drug-likeness (QED) is 0.771. The van der Waals surface area contributed by atoms with Crippen LogP contribution < -0.4 is 14.8 Å². The number of aryl methyl sites for hydroxylation is 1. The molecule has 2 aromatic rings. The summed E-state index contributed by atoms with van der Waals surface area (Å²) >= 11 is 0. The van der Waals surface area contributed by atoms with Gasteiger partial charge in [-0.05, 0) is 68.1 Å². The van der Waals surface area contributed by atoms with Crippen LogP contribution in [0.1, 0.15) is 48.1 Å². The van der Waals surface area contributed by atoms with E-state index in [-0.39, 0.29) is 16.2 Å². The second-order valence-corrected chi connectivity index (χ2v) is 10.5. The van der Waals surface area contributed by atoms with E-state index in [0.29, 0.717) is 19.0 Å². The number of ether oxygens (including phenoxy) is 1. The predicted octanol–water partition coefficient (Wildman–Crippen LogP) is 1.94. The maximum atomic E-state index is 12.8. The lowest BCUT2D eigenvalue weighted by Gasteiger charge is -2.24. The number of nitrogens with one attached hydrogen (secondary N) is 2. The van der Waals surface area contributed by atoms with Gasteiger partial charge in [0, 0.05) is 11.1 Å². The monoisotopic (exact) mass is 429 g/mol. The van der Waals surface area contributed by atoms with Gasteiger partial charge in [0.15, 0.2) is 4.90 Å². The first kappa shape index (κ1) is 18.2. The first-order valence-electron chi connectivity index (χ1n) is 10.5. The van der Waals surface area contributed by atoms with Gasteiger partial charge in [-0.1, -0.05) is 0 Å². The molecule has 1 saturated carbocycles. The van der Waals surface area contributed by atoms with Crippen LogP contribution in [-0.4, -0.2) is 35.8 Å². The summed E-state index contributed by atoms with van der Waals surface area (Å²) in [6.07, 6.45) is 9.27. The van der Waals surface area contributed by atoms with Gasteiger partial charge in [-0.3, -0.25) is 5.32 Å². The molecule has 2 N–H and O–H groups in total. The van der Waals surface area contributed by atoms with Crippen LogP contribution in [0.2, 0.25) is 0 Å². The minimum Gasteiger partial charge on any atom is -0.476 e. The molecule has 0 aromatic carbocycles. The number of pyridine rings is 1. The van der Waals surface area contributed by atoms with Gasteiger partial charge in [0.1, 0.15) is 5.82 Å². The van der Waals surface area contributed by atoms with Gasteiger partial charge in [0.2, 0.25) is 5.88 Å². The van der Waals surface area contributed by atoms with Gasteiger partial charge >= 0.3 is 6.03 Å². The number of carbonyl (C=O) groups excluding carboxylic acids is 1. The molecule has 0 bridgehead atoms. The van der Waals surface area contributed by atoms with Crippen LogP contribution in [0.15, 0.2) is 11.1 Å². The summed E-state index contributed by atoms with van der Waals surface area (Å²) < 4.78 is 35.1. The van der Waals surface area contributed by atoms with Crippen molar-refractivity contribution in [3.8, 4) is 5.88 Å². The van der Waals surface area contributed by atoms with E-state index in [1.165, 1.54) is 17.3 Å². The standard InChI is InChI=1S/C20H23N5O4S/c26-19(23-17-14-5-1-3-12(14)13-4-2-6-15(13)22-17)24-30(27,28)16-9-21-25-10-20(7-8-20)11-29-18(16)25/h9H,1-8,10-11H2,(H2,22,23,24,26). The average Bonchev–Trinajstić information content (AvgIpc) is 3.14. The zero-order chi connectivity index (χ0) is 20.5. The molecule has 3 aliphatic carbocycles. The van der Waals surface area contributed by atoms with Gasteiger partial charge < -0.3 is 4.74 Å². The van der Waals surface area contributed by atoms with Crippen molar-refractivity contribution >= 4 is 21.9 Å². The average molecular weight is 430 g/mol. The molecule has 0 radical (unpaired) electrons. The number of nitrogens with zero attached hydrogens (tertiary/aromatic N) is 3. The summed E-state index contributed by atoms with van der Waals surface area (Å²) in [5.41, 5.74) is 4.80. The van der Waals surface area contributed by atoms with E-state index >= 15 is 0 Å². The van der Waals surface area contributed by atoms with Crippen molar-refractivity contribution in [1.29, 1.82) is 0 Å². The molecular formula is C20H23N5O4S. The van der Waals surface area contributed by atoms with Crippen molar-refractivity contribution in [3.05, 3.63) is 28.6 Å². The molecule has 1 spiro atoms. The molecule has 1 aliphatic heterocycles. The Balaban J connectivity index is 1.23. The molecule has 2 aromatic heterocycles. The van der Waals surface area contributed by atoms with Crippen LogP contribution in [0.5, 0.6) is 5.88 Å². The topological polar surface area (TPSA) is 115 Å². The maximum Gasteiger partial charge on any atom is 0.334 e. The molecule has 4 aliphatic rings. The van der Waals surface area contributed by atoms with Crippen molar-refractivity contribution in [1.82, 2.24) is 19.5 Å². The Morgan fingerprint density at radius 1 is 1.10 bits per heavy atom. The van der Waals surface area contributed by atoms with Gasteiger partial charge in [-0.2, -0.15) is 5.10 Å². The number of hydrogen-bond acceptors (Lipinski definition) is 6. The van der Waals surface area contributed by atoms with Crippen LogP contribution >= 0.6 is 0 Å². The molecule has 3 heterocycles. The minimum absolute atomic E-state index is 0.102. The number of fused-ring (bicyclic) bond motifs is 4. The molecule has 10 heteroatoms. The van der Waals surface area contributed by atoms with E-state index in [1.54, 1.807) is 4.68 Å². The third-order valence-corrected chi connectivity index (χ3v) is 8.08. The van der Waals surface area contributed by atoms with Gasteiger partial charge in [0.25, 0.3) is 10.0 Å². The highest BCUT2D eigenvalue weighted by atomic mass is 32.2. The molecule has 0 unspecified atom stereocenters. The fourth-order valence-corrected chi connectivity index (χ4v) is 5.98. The van der Waals surface area contributed by atoms with E-state index in [2.05, 4.69) is 20.1 Å².